The summed E-state index contributed by atoms with van der Waals surface area (Å²) in [5.41, 5.74) is 2.64. The minimum absolute atomic E-state index is 0.0504. The van der Waals surface area contributed by atoms with E-state index in [-0.39, 0.29) is 12.5 Å². The third kappa shape index (κ3) is 4.60. The maximum absolute atomic E-state index is 12.0. The molecule has 116 valence electrons. The Morgan fingerprint density at radius 2 is 1.68 bits per heavy atom. The zero-order valence-corrected chi connectivity index (χ0v) is 12.7. The Bertz CT molecular complexity index is 591. The predicted octanol–water partition coefficient (Wildman–Crippen LogP) is 2.55. The van der Waals surface area contributed by atoms with E-state index >= 15 is 0 Å². The molecule has 0 aliphatic carbocycles. The minimum atomic E-state index is -0.0879. The lowest BCUT2D eigenvalue weighted by molar-refractivity contribution is 0.0954. The lowest BCUT2D eigenvalue weighted by atomic mass is 10.1. The number of hydrogen-bond acceptors (Lipinski definition) is 3. The van der Waals surface area contributed by atoms with E-state index in [1.807, 2.05) is 31.2 Å². The molecule has 0 aromatic heterocycles. The molecule has 1 amide bonds. The first kappa shape index (κ1) is 16.0. The van der Waals surface area contributed by atoms with Crippen LogP contribution in [0.1, 0.15) is 28.4 Å². The summed E-state index contributed by atoms with van der Waals surface area (Å²) in [6.07, 6.45) is 0.758. The molecule has 2 N–H and O–H groups in total. The molecular formula is C18H21NO3. The Balaban J connectivity index is 1.81. The smallest absolute Gasteiger partial charge is 0.251 e. The van der Waals surface area contributed by atoms with Gasteiger partial charge >= 0.3 is 0 Å². The Morgan fingerprint density at radius 3 is 2.27 bits per heavy atom. The van der Waals surface area contributed by atoms with E-state index in [9.17, 15) is 4.79 Å². The van der Waals surface area contributed by atoms with Gasteiger partial charge in [0.05, 0.1) is 13.2 Å². The molecule has 0 fully saturated rings. The van der Waals surface area contributed by atoms with Crippen molar-refractivity contribution >= 4 is 5.91 Å². The van der Waals surface area contributed by atoms with Gasteiger partial charge in [-0.2, -0.15) is 0 Å². The molecule has 4 nitrogen and oxygen atoms in total. The summed E-state index contributed by atoms with van der Waals surface area (Å²) in [4.78, 5) is 12.0. The number of aliphatic hydroxyl groups is 1. The highest BCUT2D eigenvalue weighted by Gasteiger charge is 2.05. The van der Waals surface area contributed by atoms with Crippen LogP contribution in [0.15, 0.2) is 48.5 Å². The van der Waals surface area contributed by atoms with Crippen LogP contribution in [0.5, 0.6) is 5.75 Å². The van der Waals surface area contributed by atoms with Gasteiger partial charge in [0.25, 0.3) is 5.91 Å². The Labute approximate surface area is 130 Å². The Kier molecular flexibility index (Phi) is 5.98. The first-order valence-corrected chi connectivity index (χ1v) is 7.42. The summed E-state index contributed by atoms with van der Waals surface area (Å²) in [6, 6.07) is 14.8. The first-order chi connectivity index (χ1) is 10.7. The van der Waals surface area contributed by atoms with Crippen molar-refractivity contribution in [2.75, 3.05) is 13.2 Å². The number of rotatable bonds is 7. The highest BCUT2D eigenvalue weighted by Crippen LogP contribution is 2.12. The maximum Gasteiger partial charge on any atom is 0.251 e. The second-order valence-electron chi connectivity index (χ2n) is 4.94. The van der Waals surface area contributed by atoms with E-state index in [0.29, 0.717) is 18.7 Å². The fourth-order valence-electron chi connectivity index (χ4n) is 2.10. The molecule has 22 heavy (non-hydrogen) atoms. The van der Waals surface area contributed by atoms with Gasteiger partial charge in [0.15, 0.2) is 0 Å². The third-order valence-corrected chi connectivity index (χ3v) is 3.33. The van der Waals surface area contributed by atoms with Crippen LogP contribution in [-0.4, -0.2) is 24.2 Å². The topological polar surface area (TPSA) is 58.6 Å². The number of benzene rings is 2. The number of carbonyl (C=O) groups is 1. The molecule has 0 saturated carbocycles. The van der Waals surface area contributed by atoms with Crippen LogP contribution < -0.4 is 10.1 Å². The molecule has 0 aliphatic rings. The van der Waals surface area contributed by atoms with Crippen molar-refractivity contribution in [1.82, 2.24) is 5.32 Å². The van der Waals surface area contributed by atoms with Crippen LogP contribution in [0.25, 0.3) is 0 Å². The molecule has 0 bridgehead atoms. The number of nitrogens with one attached hydrogen (secondary N) is 1. The van der Waals surface area contributed by atoms with Crippen LogP contribution in [0.3, 0.4) is 0 Å². The van der Waals surface area contributed by atoms with Crippen LogP contribution in [0.2, 0.25) is 0 Å². The first-order valence-electron chi connectivity index (χ1n) is 7.42. The van der Waals surface area contributed by atoms with E-state index in [0.717, 1.165) is 23.3 Å². The fraction of sp³-hybridized carbons (Fsp3) is 0.278. The standard InChI is InChI=1S/C18H21NO3/c1-2-22-17-9-7-16(8-10-17)18(21)19-12-11-14-3-5-15(13-20)6-4-14/h3-10,20H,2,11-13H2,1H3,(H,19,21). The van der Waals surface area contributed by atoms with E-state index in [1.165, 1.54) is 0 Å². The lowest BCUT2D eigenvalue weighted by Gasteiger charge is -2.07. The number of carbonyl (C=O) groups excluding carboxylic acids is 1. The second-order valence-corrected chi connectivity index (χ2v) is 4.94. The molecule has 2 aromatic carbocycles. The van der Waals surface area contributed by atoms with Gasteiger partial charge in [0, 0.05) is 12.1 Å². The molecule has 0 saturated heterocycles. The SMILES string of the molecule is CCOc1ccc(C(=O)NCCc2ccc(CO)cc2)cc1. The highest BCUT2D eigenvalue weighted by atomic mass is 16.5. The summed E-state index contributed by atoms with van der Waals surface area (Å²) < 4.78 is 5.35. The summed E-state index contributed by atoms with van der Waals surface area (Å²) in [5, 5.41) is 11.9. The zero-order chi connectivity index (χ0) is 15.8. The van der Waals surface area contributed by atoms with Crippen LogP contribution >= 0.6 is 0 Å². The van der Waals surface area contributed by atoms with E-state index < -0.39 is 0 Å². The quantitative estimate of drug-likeness (QED) is 0.826. The van der Waals surface area contributed by atoms with Crippen molar-refractivity contribution in [1.29, 1.82) is 0 Å². The second kappa shape index (κ2) is 8.20. The Hall–Kier alpha value is -2.33. The van der Waals surface area contributed by atoms with Gasteiger partial charge in [-0.15, -0.1) is 0 Å². The van der Waals surface area contributed by atoms with Gasteiger partial charge in [-0.05, 0) is 48.7 Å². The number of amides is 1. The van der Waals surface area contributed by atoms with Crippen LogP contribution in [0, 0.1) is 0 Å². The number of ether oxygens (including phenoxy) is 1. The van der Waals surface area contributed by atoms with Gasteiger partial charge in [0.2, 0.25) is 0 Å². The van der Waals surface area contributed by atoms with Crippen LogP contribution in [0.4, 0.5) is 0 Å². The predicted molar refractivity (Wildman–Crippen MR) is 86.0 cm³/mol. The summed E-state index contributed by atoms with van der Waals surface area (Å²) in [5.74, 6) is 0.679. The maximum atomic E-state index is 12.0. The van der Waals surface area contributed by atoms with Gasteiger partial charge < -0.3 is 15.2 Å². The normalized spacial score (nSPS) is 10.3. The molecule has 0 spiro atoms. The summed E-state index contributed by atoms with van der Waals surface area (Å²) in [6.45, 7) is 3.16. The zero-order valence-electron chi connectivity index (χ0n) is 12.7. The van der Waals surface area contributed by atoms with Crippen molar-refractivity contribution in [2.45, 2.75) is 20.0 Å². The van der Waals surface area contributed by atoms with Gasteiger partial charge in [-0.1, -0.05) is 24.3 Å². The molecule has 2 aromatic rings. The molecule has 0 unspecified atom stereocenters. The molecule has 4 heteroatoms. The molecule has 2 rings (SSSR count). The fourth-order valence-corrected chi connectivity index (χ4v) is 2.10. The van der Waals surface area contributed by atoms with Gasteiger partial charge in [0.1, 0.15) is 5.75 Å². The lowest BCUT2D eigenvalue weighted by Crippen LogP contribution is -2.25. The monoisotopic (exact) mass is 299 g/mol. The minimum Gasteiger partial charge on any atom is -0.494 e. The average Bonchev–Trinajstić information content (AvgIpc) is 2.56. The Morgan fingerprint density at radius 1 is 1.05 bits per heavy atom. The van der Waals surface area contributed by atoms with Crippen molar-refractivity contribution in [3.63, 3.8) is 0 Å². The third-order valence-electron chi connectivity index (χ3n) is 3.33. The van der Waals surface area contributed by atoms with E-state index in [2.05, 4.69) is 5.32 Å². The van der Waals surface area contributed by atoms with Crippen molar-refractivity contribution in [3.8, 4) is 5.75 Å². The molecular weight excluding hydrogens is 278 g/mol. The summed E-state index contributed by atoms with van der Waals surface area (Å²) >= 11 is 0. The molecule has 0 radical (unpaired) electrons. The summed E-state index contributed by atoms with van der Waals surface area (Å²) in [7, 11) is 0. The number of aliphatic hydroxyl groups excluding tert-OH is 1. The van der Waals surface area contributed by atoms with Crippen LogP contribution in [-0.2, 0) is 13.0 Å². The van der Waals surface area contributed by atoms with E-state index in [1.54, 1.807) is 24.3 Å². The highest BCUT2D eigenvalue weighted by molar-refractivity contribution is 5.94. The average molecular weight is 299 g/mol. The van der Waals surface area contributed by atoms with E-state index in [4.69, 9.17) is 9.84 Å². The molecule has 0 heterocycles. The van der Waals surface area contributed by atoms with Crippen molar-refractivity contribution in [3.05, 3.63) is 65.2 Å². The van der Waals surface area contributed by atoms with Crippen molar-refractivity contribution in [2.24, 2.45) is 0 Å². The van der Waals surface area contributed by atoms with Gasteiger partial charge in [-0.3, -0.25) is 4.79 Å². The molecule has 0 atom stereocenters. The number of hydrogen-bond donors (Lipinski definition) is 2. The molecule has 0 aliphatic heterocycles. The largest absolute Gasteiger partial charge is 0.494 e. The van der Waals surface area contributed by atoms with Crippen molar-refractivity contribution < 1.29 is 14.6 Å². The van der Waals surface area contributed by atoms with Gasteiger partial charge in [-0.25, -0.2) is 0 Å².